The summed E-state index contributed by atoms with van der Waals surface area (Å²) in [4.78, 5) is 30.0. The maximum atomic E-state index is 10.4. The number of hydrogen-bond acceptors (Lipinski definition) is 6. The predicted molar refractivity (Wildman–Crippen MR) is 178 cm³/mol. The Balaban J connectivity index is -0.0000000663. The van der Waals surface area contributed by atoms with Gasteiger partial charge in [0.1, 0.15) is 11.8 Å². The van der Waals surface area contributed by atoms with Gasteiger partial charge in [-0.15, -0.1) is 0 Å². The van der Waals surface area contributed by atoms with Crippen molar-refractivity contribution in [3.05, 3.63) is 0 Å². The van der Waals surface area contributed by atoms with Crippen molar-refractivity contribution >= 4 is 155 Å². The summed E-state index contributed by atoms with van der Waals surface area (Å²) in [7, 11) is 0.628. The molecule has 32 heavy (non-hydrogen) atoms. The zero-order valence-electron chi connectivity index (χ0n) is 17.3. The van der Waals surface area contributed by atoms with Crippen molar-refractivity contribution in [1.82, 2.24) is 0 Å². The average Bonchev–Trinajstić information content (AvgIpc) is 2.63. The first-order chi connectivity index (χ1) is 14.3. The molecule has 8 N–H and O–H groups in total. The molecule has 19 heteroatoms. The molecule has 0 rings (SSSR count). The van der Waals surface area contributed by atoms with Crippen LogP contribution in [-0.2, 0) is 28.8 Å². The minimum atomic E-state index is -1.01. The van der Waals surface area contributed by atoms with Crippen molar-refractivity contribution in [1.29, 1.82) is 10.5 Å². The van der Waals surface area contributed by atoms with E-state index < -0.39 is 22.6 Å². The fourth-order valence-electron chi connectivity index (χ4n) is 0.234. The molecule has 9 nitrogen and oxygen atoms in total. The van der Waals surface area contributed by atoms with Crippen molar-refractivity contribution in [2.45, 2.75) is 34.1 Å². The van der Waals surface area contributed by atoms with E-state index in [0.29, 0.717) is 29.3 Å². The summed E-state index contributed by atoms with van der Waals surface area (Å²) in [6.07, 6.45) is -0.181. The van der Waals surface area contributed by atoms with Crippen LogP contribution >= 0.6 is 137 Å². The third kappa shape index (κ3) is 59.5. The van der Waals surface area contributed by atoms with Crippen molar-refractivity contribution in [3.63, 3.8) is 0 Å². The molecule has 0 heterocycles. The molecule has 0 spiro atoms. The van der Waals surface area contributed by atoms with Crippen LogP contribution in [-0.4, -0.2) is 24.3 Å². The Morgan fingerprint density at radius 1 is 0.969 bits per heavy atom. The zero-order valence-corrected chi connectivity index (χ0v) is 37.3. The van der Waals surface area contributed by atoms with E-state index in [1.807, 2.05) is 0 Å². The molecule has 0 saturated heterocycles. The fourth-order valence-corrected chi connectivity index (χ4v) is 0.234. The predicted octanol–water partition coefficient (Wildman–Crippen LogP) is 2.06. The maximum absolute atomic E-state index is 10.4. The van der Waals surface area contributed by atoms with Gasteiger partial charge in [-0.3, -0.25) is 14.4 Å². The summed E-state index contributed by atoms with van der Waals surface area (Å²) in [5.74, 6) is -1.50. The molecule has 0 saturated carbocycles. The number of nitrogens with zero attached hydrogens (tertiary/aromatic N) is 2. The number of carbonyl (C=O) groups excluding carboxylic acids is 3. The summed E-state index contributed by atoms with van der Waals surface area (Å²) in [6, 6.07) is 3.36. The molecular formula is C13H24I8N6O3V2-. The third-order valence-electron chi connectivity index (χ3n) is 2.33. The second-order valence-electron chi connectivity index (χ2n) is 5.66. The Labute approximate surface area is 287 Å². The number of amides is 3. The van der Waals surface area contributed by atoms with Gasteiger partial charge in [0.2, 0.25) is 17.7 Å². The Morgan fingerprint density at radius 2 is 1.25 bits per heavy atom. The molecule has 0 radical (unpaired) electrons. The van der Waals surface area contributed by atoms with E-state index >= 15 is 0 Å². The van der Waals surface area contributed by atoms with Gasteiger partial charge in [-0.2, -0.15) is 10.5 Å². The van der Waals surface area contributed by atoms with Crippen LogP contribution in [0.25, 0.3) is 0 Å². The summed E-state index contributed by atoms with van der Waals surface area (Å²) < 4.78 is 0. The summed E-state index contributed by atoms with van der Waals surface area (Å²) in [5, 5.41) is 15.9. The van der Waals surface area contributed by atoms with E-state index in [-0.39, 0.29) is 17.2 Å². The molecule has 0 unspecified atom stereocenters. The van der Waals surface area contributed by atoms with Gasteiger partial charge in [0.05, 0.1) is 17.6 Å². The molecule has 0 fully saturated rings. The monoisotopic (exact) mass is 1430 g/mol. The molecule has 0 aliphatic rings. The van der Waals surface area contributed by atoms with Crippen molar-refractivity contribution in [2.24, 2.45) is 33.8 Å². The van der Waals surface area contributed by atoms with E-state index in [4.69, 9.17) is 27.7 Å². The first-order valence-corrected chi connectivity index (χ1v) is 42.4. The minimum absolute atomic E-state index is 0.181. The first-order valence-electron chi connectivity index (χ1n) is 7.28. The number of rotatable bonds is 4. The van der Waals surface area contributed by atoms with Crippen LogP contribution in [0.15, 0.2) is 0 Å². The van der Waals surface area contributed by atoms with Gasteiger partial charge < -0.3 is 22.9 Å². The van der Waals surface area contributed by atoms with Crippen LogP contribution in [0.5, 0.6) is 0 Å². The molecule has 0 bridgehead atoms. The van der Waals surface area contributed by atoms with Gasteiger partial charge in [0.15, 0.2) is 0 Å². The summed E-state index contributed by atoms with van der Waals surface area (Å²) in [6.45, 7) is 6.71. The topological polar surface area (TPSA) is 203 Å². The van der Waals surface area contributed by atoms with Crippen LogP contribution in [0.2, 0.25) is 0 Å². The van der Waals surface area contributed by atoms with Crippen LogP contribution < -0.4 is 36.2 Å². The van der Waals surface area contributed by atoms with E-state index in [1.165, 1.54) is 13.8 Å². The summed E-state index contributed by atoms with van der Waals surface area (Å²) >= 11 is 17.4. The second kappa shape index (κ2) is 35.4. The van der Waals surface area contributed by atoms with Crippen LogP contribution in [0, 0.1) is 33.5 Å². The van der Waals surface area contributed by atoms with E-state index in [0.717, 1.165) is 0 Å². The van der Waals surface area contributed by atoms with Gasteiger partial charge in [0.25, 0.3) is 0 Å². The molecular weight excluding hydrogens is 1410 g/mol. The SMILES string of the molecule is CC(C)(C#N)C(N)=O.CC(C)(CN)C(N)=O.I[I-]I.N#CCC(N)=O.[I][V]([I])[I].[I][V][I]. The Morgan fingerprint density at radius 3 is 1.25 bits per heavy atom. The van der Waals surface area contributed by atoms with Crippen molar-refractivity contribution in [3.8, 4) is 12.1 Å². The molecule has 3 amide bonds. The van der Waals surface area contributed by atoms with Crippen LogP contribution in [0.3, 0.4) is 0 Å². The van der Waals surface area contributed by atoms with Gasteiger partial charge in [-0.1, -0.05) is 0 Å². The number of nitrogens with two attached hydrogens (primary N) is 4. The quantitative estimate of drug-likeness (QED) is 0.311. The number of carbonyl (C=O) groups is 3. The van der Waals surface area contributed by atoms with Crippen molar-refractivity contribution in [2.75, 3.05) is 6.54 Å². The van der Waals surface area contributed by atoms with Gasteiger partial charge in [-0.25, -0.2) is 0 Å². The molecule has 0 aliphatic heterocycles. The van der Waals surface area contributed by atoms with E-state index in [1.54, 1.807) is 26.0 Å². The van der Waals surface area contributed by atoms with Gasteiger partial charge >= 0.3 is 165 Å². The Bertz CT molecular complexity index is 570. The van der Waals surface area contributed by atoms with Gasteiger partial charge in [-0.05, 0) is 27.7 Å². The second-order valence-corrected chi connectivity index (χ2v) is 69.1. The standard InChI is InChI=1S/C5H12N2O.C5H8N2O.C3H4N2O.I3.5HI.2V/c2*1-5(2,3-6)4(7)8;4-2-1-3(5)6;1-3-2;;;;;;;/h3,6H2,1-2H3,(H2,7,8);1-2H3,(H2,7,8);1H2,(H2,5,6);;5*1H;;/q;;;-1;;;;;;+2;+3/p-5. The third-order valence-corrected chi connectivity index (χ3v) is 2.33. The molecule has 0 atom stereocenters. The molecule has 0 aliphatic carbocycles. The number of primary amides is 3. The molecule has 0 aromatic heterocycles. The normalized spacial score (nSPS) is 8.84. The van der Waals surface area contributed by atoms with Gasteiger partial charge in [0, 0.05) is 6.54 Å². The number of nitriles is 2. The van der Waals surface area contributed by atoms with E-state index in [9.17, 15) is 14.4 Å². The first kappa shape index (κ1) is 49.3. The number of hydrogen-bond donors (Lipinski definition) is 4. The van der Waals surface area contributed by atoms with Crippen LogP contribution in [0.4, 0.5) is 0 Å². The molecule has 191 valence electrons. The fraction of sp³-hybridized carbons (Fsp3) is 0.615. The Kier molecular flexibility index (Phi) is 54.5. The van der Waals surface area contributed by atoms with Crippen LogP contribution in [0.1, 0.15) is 34.1 Å². The zero-order chi connectivity index (χ0) is 27.6. The molecule has 0 aromatic carbocycles. The van der Waals surface area contributed by atoms with Crippen molar-refractivity contribution < 1.29 is 42.0 Å². The average molecular weight is 1430 g/mol. The molecule has 0 aromatic rings. The Hall–Kier alpha value is 4.36. The summed E-state index contributed by atoms with van der Waals surface area (Å²) in [5.41, 5.74) is 18.0. The van der Waals surface area contributed by atoms with E-state index in [2.05, 4.69) is 143 Å². The number of halogens is 8.